The molecule has 23 heavy (non-hydrogen) atoms. The molecule has 0 saturated carbocycles. The van der Waals surface area contributed by atoms with Gasteiger partial charge in [-0.3, -0.25) is 4.98 Å². The molecule has 0 aromatic carbocycles. The summed E-state index contributed by atoms with van der Waals surface area (Å²) >= 11 is 0. The van der Waals surface area contributed by atoms with Gasteiger partial charge in [0, 0.05) is 18.4 Å². The summed E-state index contributed by atoms with van der Waals surface area (Å²) in [5.41, 5.74) is 4.49. The highest BCUT2D eigenvalue weighted by molar-refractivity contribution is 5.94. The lowest BCUT2D eigenvalue weighted by atomic mass is 10.2. The topological polar surface area (TPSA) is 81.1 Å². The van der Waals surface area contributed by atoms with Crippen LogP contribution in [-0.2, 0) is 6.54 Å². The number of rotatable bonds is 3. The first kappa shape index (κ1) is 13.8. The molecule has 0 aliphatic rings. The molecule has 0 radical (unpaired) electrons. The molecule has 7 nitrogen and oxygen atoms in total. The van der Waals surface area contributed by atoms with Gasteiger partial charge in [0.2, 0.25) is 5.82 Å². The summed E-state index contributed by atoms with van der Waals surface area (Å²) in [5, 5.41) is 14.7. The van der Waals surface area contributed by atoms with E-state index in [9.17, 15) is 5.11 Å². The van der Waals surface area contributed by atoms with E-state index >= 15 is 0 Å². The average Bonchev–Trinajstić information content (AvgIpc) is 3.11. The van der Waals surface area contributed by atoms with Crippen LogP contribution in [0.4, 0.5) is 0 Å². The zero-order valence-corrected chi connectivity index (χ0v) is 12.9. The van der Waals surface area contributed by atoms with Crippen molar-refractivity contribution in [3.63, 3.8) is 0 Å². The molecule has 0 fully saturated rings. The predicted octanol–water partition coefficient (Wildman–Crippen LogP) is 1.75. The number of hydrogen-bond donors (Lipinski definition) is 1. The minimum Gasteiger partial charge on any atom is -0.395 e. The second-order valence-corrected chi connectivity index (χ2v) is 5.45. The van der Waals surface area contributed by atoms with E-state index in [4.69, 9.17) is 0 Å². The standard InChI is InChI=1S/C16H16N6O/c1-10-11(2)21(7-8-23)15-13(10)16-19-14(20-22(16)9-18-15)12-5-3-4-6-17-12/h3-6,9,23H,7-8H2,1-2H3. The molecule has 4 aromatic heterocycles. The maximum absolute atomic E-state index is 9.29. The second kappa shape index (κ2) is 5.13. The Hall–Kier alpha value is -2.80. The summed E-state index contributed by atoms with van der Waals surface area (Å²) in [6.07, 6.45) is 3.38. The molecule has 0 atom stereocenters. The fraction of sp³-hybridized carbons (Fsp3) is 0.250. The number of pyridine rings is 1. The highest BCUT2D eigenvalue weighted by atomic mass is 16.3. The summed E-state index contributed by atoms with van der Waals surface area (Å²) in [5.74, 6) is 0.576. The van der Waals surface area contributed by atoms with E-state index in [0.717, 1.165) is 33.6 Å². The van der Waals surface area contributed by atoms with Crippen molar-refractivity contribution in [2.45, 2.75) is 20.4 Å². The van der Waals surface area contributed by atoms with Crippen molar-refractivity contribution in [1.82, 2.24) is 29.1 Å². The van der Waals surface area contributed by atoms with Crippen molar-refractivity contribution in [3.05, 3.63) is 42.0 Å². The summed E-state index contributed by atoms with van der Waals surface area (Å²) in [6.45, 7) is 4.66. The molecule has 4 heterocycles. The minimum absolute atomic E-state index is 0.0722. The smallest absolute Gasteiger partial charge is 0.200 e. The van der Waals surface area contributed by atoms with Gasteiger partial charge in [-0.15, -0.1) is 5.10 Å². The van der Waals surface area contributed by atoms with E-state index in [0.29, 0.717) is 12.4 Å². The van der Waals surface area contributed by atoms with Gasteiger partial charge in [-0.05, 0) is 31.5 Å². The van der Waals surface area contributed by atoms with E-state index in [1.54, 1.807) is 17.0 Å². The van der Waals surface area contributed by atoms with E-state index < -0.39 is 0 Å². The Balaban J connectivity index is 2.02. The number of nitrogens with zero attached hydrogens (tertiary/aromatic N) is 6. The van der Waals surface area contributed by atoms with Crippen molar-refractivity contribution in [1.29, 1.82) is 0 Å². The number of aryl methyl sites for hydroxylation is 1. The van der Waals surface area contributed by atoms with Gasteiger partial charge in [-0.2, -0.15) is 0 Å². The fourth-order valence-corrected chi connectivity index (χ4v) is 2.91. The molecular weight excluding hydrogens is 292 g/mol. The molecular formula is C16H16N6O. The van der Waals surface area contributed by atoms with Crippen LogP contribution in [0.5, 0.6) is 0 Å². The van der Waals surface area contributed by atoms with E-state index in [-0.39, 0.29) is 6.61 Å². The zero-order valence-electron chi connectivity index (χ0n) is 12.9. The van der Waals surface area contributed by atoms with Gasteiger partial charge in [-0.25, -0.2) is 14.5 Å². The van der Waals surface area contributed by atoms with Crippen LogP contribution >= 0.6 is 0 Å². The van der Waals surface area contributed by atoms with Gasteiger partial charge in [-0.1, -0.05) is 6.07 Å². The molecule has 0 aliphatic heterocycles. The Bertz CT molecular complexity index is 1000. The predicted molar refractivity (Wildman–Crippen MR) is 86.1 cm³/mol. The van der Waals surface area contributed by atoms with Gasteiger partial charge in [0.15, 0.2) is 5.65 Å². The molecule has 4 aromatic rings. The minimum atomic E-state index is 0.0722. The Morgan fingerprint density at radius 1 is 1.13 bits per heavy atom. The highest BCUT2D eigenvalue weighted by Gasteiger charge is 2.18. The Morgan fingerprint density at radius 2 is 2.00 bits per heavy atom. The Morgan fingerprint density at radius 3 is 2.74 bits per heavy atom. The lowest BCUT2D eigenvalue weighted by Gasteiger charge is -2.04. The van der Waals surface area contributed by atoms with Gasteiger partial charge in [0.25, 0.3) is 0 Å². The summed E-state index contributed by atoms with van der Waals surface area (Å²) in [6, 6.07) is 5.66. The van der Waals surface area contributed by atoms with Crippen LogP contribution in [0.1, 0.15) is 11.3 Å². The largest absolute Gasteiger partial charge is 0.395 e. The molecule has 7 heteroatoms. The fourth-order valence-electron chi connectivity index (χ4n) is 2.91. The SMILES string of the molecule is Cc1c(C)n(CCO)c2ncn3nc(-c4ccccn4)nc3c12. The van der Waals surface area contributed by atoms with Crippen LogP contribution in [0, 0.1) is 13.8 Å². The molecule has 1 N–H and O–H groups in total. The van der Waals surface area contributed by atoms with Crippen molar-refractivity contribution in [3.8, 4) is 11.5 Å². The van der Waals surface area contributed by atoms with Crippen LogP contribution in [0.15, 0.2) is 30.7 Å². The maximum Gasteiger partial charge on any atom is 0.200 e. The van der Waals surface area contributed by atoms with Crippen LogP contribution in [-0.4, -0.2) is 40.8 Å². The maximum atomic E-state index is 9.29. The molecule has 0 saturated heterocycles. The van der Waals surface area contributed by atoms with E-state index in [1.165, 1.54) is 0 Å². The first-order valence-electron chi connectivity index (χ1n) is 7.43. The van der Waals surface area contributed by atoms with Crippen molar-refractivity contribution in [2.75, 3.05) is 6.61 Å². The Kier molecular flexibility index (Phi) is 3.09. The van der Waals surface area contributed by atoms with Crippen molar-refractivity contribution < 1.29 is 5.11 Å². The highest BCUT2D eigenvalue weighted by Crippen LogP contribution is 2.27. The zero-order chi connectivity index (χ0) is 16.0. The summed E-state index contributed by atoms with van der Waals surface area (Å²) < 4.78 is 3.70. The first-order valence-corrected chi connectivity index (χ1v) is 7.43. The number of fused-ring (bicyclic) bond motifs is 3. The summed E-state index contributed by atoms with van der Waals surface area (Å²) in [7, 11) is 0. The molecule has 0 aliphatic carbocycles. The van der Waals surface area contributed by atoms with Crippen LogP contribution in [0.2, 0.25) is 0 Å². The third kappa shape index (κ3) is 2.01. The lowest BCUT2D eigenvalue weighted by Crippen LogP contribution is -2.05. The van der Waals surface area contributed by atoms with E-state index in [1.807, 2.05) is 36.6 Å². The first-order chi connectivity index (χ1) is 11.2. The number of aliphatic hydroxyl groups excluding tert-OH is 1. The second-order valence-electron chi connectivity index (χ2n) is 5.45. The Labute approximate surface area is 132 Å². The van der Waals surface area contributed by atoms with Crippen LogP contribution < -0.4 is 0 Å². The molecule has 4 rings (SSSR count). The lowest BCUT2D eigenvalue weighted by molar-refractivity contribution is 0.276. The number of hydrogen-bond acceptors (Lipinski definition) is 5. The molecule has 0 spiro atoms. The average molecular weight is 308 g/mol. The van der Waals surface area contributed by atoms with Gasteiger partial charge >= 0.3 is 0 Å². The molecule has 0 amide bonds. The van der Waals surface area contributed by atoms with Crippen LogP contribution in [0.25, 0.3) is 28.2 Å². The third-order valence-corrected chi connectivity index (χ3v) is 4.16. The van der Waals surface area contributed by atoms with E-state index in [2.05, 4.69) is 20.1 Å². The van der Waals surface area contributed by atoms with Crippen molar-refractivity contribution in [2.24, 2.45) is 0 Å². The van der Waals surface area contributed by atoms with Crippen molar-refractivity contribution >= 4 is 16.7 Å². The normalized spacial score (nSPS) is 11.6. The third-order valence-electron chi connectivity index (χ3n) is 4.16. The van der Waals surface area contributed by atoms with Gasteiger partial charge < -0.3 is 9.67 Å². The molecule has 0 bridgehead atoms. The molecule has 0 unspecified atom stereocenters. The van der Waals surface area contributed by atoms with Crippen LogP contribution in [0.3, 0.4) is 0 Å². The molecule has 116 valence electrons. The number of aromatic nitrogens is 6. The number of aliphatic hydroxyl groups is 1. The summed E-state index contributed by atoms with van der Waals surface area (Å²) in [4.78, 5) is 13.5. The monoisotopic (exact) mass is 308 g/mol. The quantitative estimate of drug-likeness (QED) is 0.623. The van der Waals surface area contributed by atoms with Gasteiger partial charge in [0.05, 0.1) is 12.0 Å². The van der Waals surface area contributed by atoms with Gasteiger partial charge in [0.1, 0.15) is 17.7 Å².